The predicted octanol–water partition coefficient (Wildman–Crippen LogP) is 1.25. The fourth-order valence-corrected chi connectivity index (χ4v) is 2.56. The van der Waals surface area contributed by atoms with Crippen LogP contribution in [0, 0.1) is 6.92 Å². The van der Waals surface area contributed by atoms with E-state index in [4.69, 9.17) is 0 Å². The minimum atomic E-state index is 0.632. The monoisotopic (exact) mass is 211 g/mol. The van der Waals surface area contributed by atoms with Gasteiger partial charge in [-0.3, -0.25) is 4.90 Å². The molecule has 1 N–H and O–H groups in total. The topological polar surface area (TPSA) is 28.2 Å². The van der Waals surface area contributed by atoms with Crippen LogP contribution in [0.25, 0.3) is 0 Å². The summed E-state index contributed by atoms with van der Waals surface area (Å²) in [5.41, 5.74) is 1.15. The molecule has 1 aromatic rings. The van der Waals surface area contributed by atoms with Crippen molar-refractivity contribution in [1.29, 1.82) is 0 Å². The number of nitrogens with one attached hydrogen (secondary N) is 1. The number of piperazine rings is 1. The molecule has 2 rings (SSSR count). The van der Waals surface area contributed by atoms with Crippen LogP contribution >= 0.6 is 11.3 Å². The van der Waals surface area contributed by atoms with Gasteiger partial charge in [-0.15, -0.1) is 11.3 Å². The summed E-state index contributed by atoms with van der Waals surface area (Å²) in [5.74, 6) is 0. The van der Waals surface area contributed by atoms with Crippen LogP contribution in [0.3, 0.4) is 0 Å². The highest BCUT2D eigenvalue weighted by atomic mass is 32.1. The van der Waals surface area contributed by atoms with Gasteiger partial charge in [-0.2, -0.15) is 0 Å². The second kappa shape index (κ2) is 4.38. The lowest BCUT2D eigenvalue weighted by molar-refractivity contribution is 0.165. The molecular formula is C10H17N3S. The molecule has 0 amide bonds. The molecule has 1 aliphatic rings. The second-order valence-corrected chi connectivity index (χ2v) is 4.85. The Bertz CT molecular complexity index is 297. The van der Waals surface area contributed by atoms with Gasteiger partial charge in [0.05, 0.1) is 6.54 Å². The number of nitrogens with zero attached hydrogens (tertiary/aromatic N) is 2. The van der Waals surface area contributed by atoms with Gasteiger partial charge in [-0.25, -0.2) is 4.98 Å². The summed E-state index contributed by atoms with van der Waals surface area (Å²) >= 11 is 1.77. The van der Waals surface area contributed by atoms with Crippen LogP contribution in [-0.2, 0) is 6.54 Å². The number of rotatable bonds is 2. The highest BCUT2D eigenvalue weighted by Crippen LogP contribution is 2.14. The van der Waals surface area contributed by atoms with E-state index in [1.165, 1.54) is 5.01 Å². The molecule has 1 atom stereocenters. The van der Waals surface area contributed by atoms with E-state index >= 15 is 0 Å². The second-order valence-electron chi connectivity index (χ2n) is 3.91. The van der Waals surface area contributed by atoms with E-state index in [0.29, 0.717) is 6.04 Å². The SMILES string of the molecule is Cc1csc(CN2CCNC[C@@H]2C)n1. The summed E-state index contributed by atoms with van der Waals surface area (Å²) in [6, 6.07) is 0.632. The first-order valence-electron chi connectivity index (χ1n) is 5.11. The molecule has 1 fully saturated rings. The van der Waals surface area contributed by atoms with Crippen molar-refractivity contribution in [3.63, 3.8) is 0 Å². The molecule has 4 heteroatoms. The predicted molar refractivity (Wildman–Crippen MR) is 59.6 cm³/mol. The largest absolute Gasteiger partial charge is 0.314 e. The van der Waals surface area contributed by atoms with Crippen LogP contribution in [0.2, 0.25) is 0 Å². The molecule has 1 saturated heterocycles. The lowest BCUT2D eigenvalue weighted by atomic mass is 10.2. The lowest BCUT2D eigenvalue weighted by Crippen LogP contribution is -2.49. The molecule has 0 aromatic carbocycles. The Balaban J connectivity index is 1.95. The van der Waals surface area contributed by atoms with Crippen molar-refractivity contribution in [2.45, 2.75) is 26.4 Å². The zero-order valence-electron chi connectivity index (χ0n) is 8.79. The zero-order chi connectivity index (χ0) is 9.97. The summed E-state index contributed by atoms with van der Waals surface area (Å²) in [7, 11) is 0. The Morgan fingerprint density at radius 3 is 3.21 bits per heavy atom. The summed E-state index contributed by atoms with van der Waals surface area (Å²) in [5, 5.41) is 6.77. The van der Waals surface area contributed by atoms with Crippen molar-refractivity contribution in [3.8, 4) is 0 Å². The molecule has 0 bridgehead atoms. The molecule has 1 aliphatic heterocycles. The zero-order valence-corrected chi connectivity index (χ0v) is 9.60. The average Bonchev–Trinajstić information content (AvgIpc) is 2.56. The Morgan fingerprint density at radius 1 is 1.71 bits per heavy atom. The molecule has 78 valence electrons. The molecule has 0 aliphatic carbocycles. The maximum atomic E-state index is 4.50. The first-order chi connectivity index (χ1) is 6.75. The smallest absolute Gasteiger partial charge is 0.107 e. The Morgan fingerprint density at radius 2 is 2.57 bits per heavy atom. The Labute approximate surface area is 89.1 Å². The molecular weight excluding hydrogens is 194 g/mol. The quantitative estimate of drug-likeness (QED) is 0.798. The molecule has 0 unspecified atom stereocenters. The van der Waals surface area contributed by atoms with Gasteiger partial charge < -0.3 is 5.32 Å². The Hall–Kier alpha value is -0.450. The third-order valence-electron chi connectivity index (χ3n) is 2.64. The number of aryl methyl sites for hydroxylation is 1. The first kappa shape index (κ1) is 10.1. The summed E-state index contributed by atoms with van der Waals surface area (Å²) in [6.07, 6.45) is 0. The van der Waals surface area contributed by atoms with Gasteiger partial charge >= 0.3 is 0 Å². The van der Waals surface area contributed by atoms with Crippen molar-refractivity contribution in [2.75, 3.05) is 19.6 Å². The van der Waals surface area contributed by atoms with Crippen LogP contribution in [-0.4, -0.2) is 35.6 Å². The minimum absolute atomic E-state index is 0.632. The minimum Gasteiger partial charge on any atom is -0.314 e. The molecule has 2 heterocycles. The van der Waals surface area contributed by atoms with Crippen LogP contribution in [0.5, 0.6) is 0 Å². The number of thiazole rings is 1. The van der Waals surface area contributed by atoms with E-state index < -0.39 is 0 Å². The van der Waals surface area contributed by atoms with Crippen molar-refractivity contribution >= 4 is 11.3 Å². The number of aromatic nitrogens is 1. The molecule has 1 aromatic heterocycles. The molecule has 14 heavy (non-hydrogen) atoms. The summed E-state index contributed by atoms with van der Waals surface area (Å²) < 4.78 is 0. The van der Waals surface area contributed by atoms with Gasteiger partial charge in [0.25, 0.3) is 0 Å². The van der Waals surface area contributed by atoms with E-state index in [1.807, 2.05) is 0 Å². The van der Waals surface area contributed by atoms with Crippen molar-refractivity contribution in [2.24, 2.45) is 0 Å². The van der Waals surface area contributed by atoms with E-state index in [-0.39, 0.29) is 0 Å². The summed E-state index contributed by atoms with van der Waals surface area (Å²) in [4.78, 5) is 6.99. The van der Waals surface area contributed by atoms with E-state index in [0.717, 1.165) is 31.9 Å². The maximum Gasteiger partial charge on any atom is 0.107 e. The van der Waals surface area contributed by atoms with Gasteiger partial charge in [-0.05, 0) is 13.8 Å². The highest BCUT2D eigenvalue weighted by molar-refractivity contribution is 7.09. The summed E-state index contributed by atoms with van der Waals surface area (Å²) in [6.45, 7) is 8.69. The van der Waals surface area contributed by atoms with Crippen LogP contribution in [0.4, 0.5) is 0 Å². The van der Waals surface area contributed by atoms with Crippen molar-refractivity contribution in [1.82, 2.24) is 15.2 Å². The van der Waals surface area contributed by atoms with Crippen LogP contribution in [0.1, 0.15) is 17.6 Å². The third kappa shape index (κ3) is 2.32. The van der Waals surface area contributed by atoms with Gasteiger partial charge in [0.15, 0.2) is 0 Å². The van der Waals surface area contributed by atoms with Crippen LogP contribution < -0.4 is 5.32 Å². The first-order valence-corrected chi connectivity index (χ1v) is 5.99. The van der Waals surface area contributed by atoms with Crippen LogP contribution in [0.15, 0.2) is 5.38 Å². The van der Waals surface area contributed by atoms with Crippen molar-refractivity contribution < 1.29 is 0 Å². The fourth-order valence-electron chi connectivity index (χ4n) is 1.77. The van der Waals surface area contributed by atoms with Gasteiger partial charge in [0.1, 0.15) is 5.01 Å². The van der Waals surface area contributed by atoms with Gasteiger partial charge in [-0.1, -0.05) is 0 Å². The lowest BCUT2D eigenvalue weighted by Gasteiger charge is -2.33. The maximum absolute atomic E-state index is 4.50. The molecule has 3 nitrogen and oxygen atoms in total. The molecule has 0 radical (unpaired) electrons. The highest BCUT2D eigenvalue weighted by Gasteiger charge is 2.18. The van der Waals surface area contributed by atoms with E-state index in [1.54, 1.807) is 11.3 Å². The third-order valence-corrected chi connectivity index (χ3v) is 3.60. The Kier molecular flexibility index (Phi) is 3.15. The molecule has 0 spiro atoms. The number of hydrogen-bond donors (Lipinski definition) is 1. The van der Waals surface area contributed by atoms with E-state index in [2.05, 4.69) is 34.4 Å². The standard InChI is InChI=1S/C10H17N3S/c1-8-7-14-10(12-8)6-13-4-3-11-5-9(13)2/h7,9,11H,3-6H2,1-2H3/t9-/m0/s1. The van der Waals surface area contributed by atoms with E-state index in [9.17, 15) is 0 Å². The van der Waals surface area contributed by atoms with Gasteiger partial charge in [0, 0.05) is 36.8 Å². The molecule has 0 saturated carbocycles. The number of hydrogen-bond acceptors (Lipinski definition) is 4. The normalized spacial score (nSPS) is 24.0. The van der Waals surface area contributed by atoms with Crippen molar-refractivity contribution in [3.05, 3.63) is 16.1 Å². The fraction of sp³-hybridized carbons (Fsp3) is 0.700. The van der Waals surface area contributed by atoms with Gasteiger partial charge in [0.2, 0.25) is 0 Å². The average molecular weight is 211 g/mol.